The number of fused-ring (bicyclic) bond motifs is 2. The van der Waals surface area contributed by atoms with Gasteiger partial charge in [0.05, 0.1) is 17.4 Å². The molecule has 24 heavy (non-hydrogen) atoms. The summed E-state index contributed by atoms with van der Waals surface area (Å²) in [4.78, 5) is 8.19. The van der Waals surface area contributed by atoms with E-state index < -0.39 is 0 Å². The summed E-state index contributed by atoms with van der Waals surface area (Å²) in [5.74, 6) is 1.31. The van der Waals surface area contributed by atoms with Gasteiger partial charge < -0.3 is 5.73 Å². The van der Waals surface area contributed by atoms with Gasteiger partial charge in [-0.2, -0.15) is 5.10 Å². The fourth-order valence-corrected chi connectivity index (χ4v) is 2.70. The highest BCUT2D eigenvalue weighted by atomic mass is 15.3. The van der Waals surface area contributed by atoms with E-state index in [1.165, 1.54) is 19.3 Å². The van der Waals surface area contributed by atoms with Gasteiger partial charge in [-0.05, 0) is 24.1 Å². The van der Waals surface area contributed by atoms with E-state index in [0.29, 0.717) is 0 Å². The number of nitrogens with zero attached hydrogens (tertiary/aromatic N) is 6. The van der Waals surface area contributed by atoms with Crippen LogP contribution in [0.3, 0.4) is 0 Å². The van der Waals surface area contributed by atoms with Crippen LogP contribution < -0.4 is 5.73 Å². The molecule has 0 aliphatic heterocycles. The topological polar surface area (TPSA) is 86.4 Å². The predicted molar refractivity (Wildman–Crippen MR) is 92.4 cm³/mol. The first-order valence-corrected chi connectivity index (χ1v) is 8.11. The number of nitrogens with two attached hydrogens (primary N) is 1. The Morgan fingerprint density at radius 1 is 1.04 bits per heavy atom. The normalized spacial score (nSPS) is 14.4. The standard InChI is InChI=1S/C12H9N7.C5H10/c13-12-15-7-10-8(3-5-18(10)17-12)9-1-2-11-14-4-6-19(11)16-9;1-5-3-2-4-5/h1-7H,(H2,13,17);5H,2-4H2,1H3. The number of nitrogen functional groups attached to an aromatic ring is 1. The molecule has 5 rings (SSSR count). The fourth-order valence-electron chi connectivity index (χ4n) is 2.70. The Morgan fingerprint density at radius 2 is 1.88 bits per heavy atom. The number of imidazole rings is 1. The average molecular weight is 321 g/mol. The van der Waals surface area contributed by atoms with E-state index in [2.05, 4.69) is 27.1 Å². The lowest BCUT2D eigenvalue weighted by Gasteiger charge is -2.18. The van der Waals surface area contributed by atoms with Gasteiger partial charge >= 0.3 is 0 Å². The Morgan fingerprint density at radius 3 is 2.62 bits per heavy atom. The summed E-state index contributed by atoms with van der Waals surface area (Å²) >= 11 is 0. The molecule has 0 unspecified atom stereocenters. The predicted octanol–water partition coefficient (Wildman–Crippen LogP) is 2.83. The quantitative estimate of drug-likeness (QED) is 0.582. The van der Waals surface area contributed by atoms with E-state index >= 15 is 0 Å². The third-order valence-corrected chi connectivity index (χ3v) is 4.36. The Bertz CT molecular complexity index is 981. The highest BCUT2D eigenvalue weighted by Gasteiger charge is 2.10. The first-order chi connectivity index (χ1) is 11.7. The zero-order chi connectivity index (χ0) is 16.5. The van der Waals surface area contributed by atoms with E-state index in [1.807, 2.05) is 30.6 Å². The first kappa shape index (κ1) is 14.6. The zero-order valence-electron chi connectivity index (χ0n) is 13.5. The smallest absolute Gasteiger partial charge is 0.238 e. The van der Waals surface area contributed by atoms with Crippen LogP contribution >= 0.6 is 0 Å². The minimum absolute atomic E-state index is 0.243. The van der Waals surface area contributed by atoms with Gasteiger partial charge in [-0.3, -0.25) is 0 Å². The molecule has 0 saturated heterocycles. The lowest BCUT2D eigenvalue weighted by molar-refractivity contribution is 0.346. The number of hydrogen-bond donors (Lipinski definition) is 1. The van der Waals surface area contributed by atoms with Crippen molar-refractivity contribution in [2.45, 2.75) is 26.2 Å². The second kappa shape index (κ2) is 5.92. The molecule has 0 amide bonds. The summed E-state index contributed by atoms with van der Waals surface area (Å²) in [6.07, 6.45) is 11.5. The third-order valence-electron chi connectivity index (χ3n) is 4.36. The van der Waals surface area contributed by atoms with Crippen molar-refractivity contribution in [3.8, 4) is 11.3 Å². The molecule has 0 spiro atoms. The van der Waals surface area contributed by atoms with Crippen LogP contribution in [0.1, 0.15) is 26.2 Å². The van der Waals surface area contributed by atoms with Crippen LogP contribution in [0, 0.1) is 5.92 Å². The molecule has 1 fully saturated rings. The summed E-state index contributed by atoms with van der Waals surface area (Å²) < 4.78 is 3.43. The third kappa shape index (κ3) is 2.68. The van der Waals surface area contributed by atoms with Gasteiger partial charge in [-0.15, -0.1) is 5.10 Å². The fraction of sp³-hybridized carbons (Fsp3) is 0.294. The number of aromatic nitrogens is 6. The molecule has 4 aromatic heterocycles. The molecule has 7 nitrogen and oxygen atoms in total. The molecule has 7 heteroatoms. The number of rotatable bonds is 1. The van der Waals surface area contributed by atoms with Crippen LogP contribution in [0.4, 0.5) is 5.95 Å². The maximum Gasteiger partial charge on any atom is 0.238 e. The Balaban J connectivity index is 0.000000252. The molecule has 0 aromatic carbocycles. The molecular formula is C17H19N7. The molecule has 1 aliphatic carbocycles. The average Bonchev–Trinajstić information content (AvgIpc) is 3.18. The Kier molecular flexibility index (Phi) is 3.60. The van der Waals surface area contributed by atoms with Crippen molar-refractivity contribution in [3.63, 3.8) is 0 Å². The molecule has 0 bridgehead atoms. The highest BCUT2D eigenvalue weighted by Crippen LogP contribution is 2.24. The van der Waals surface area contributed by atoms with Crippen molar-refractivity contribution in [3.05, 3.63) is 43.0 Å². The molecule has 4 heterocycles. The van der Waals surface area contributed by atoms with E-state index in [4.69, 9.17) is 5.73 Å². The molecule has 4 aromatic rings. The van der Waals surface area contributed by atoms with Gasteiger partial charge in [-0.25, -0.2) is 19.0 Å². The molecule has 0 atom stereocenters. The minimum Gasteiger partial charge on any atom is -0.367 e. The Hall–Kier alpha value is -2.96. The van der Waals surface area contributed by atoms with Crippen molar-refractivity contribution in [1.29, 1.82) is 0 Å². The number of hydrogen-bond acceptors (Lipinski definition) is 5. The number of anilines is 1. The van der Waals surface area contributed by atoms with Crippen LogP contribution in [0.2, 0.25) is 0 Å². The maximum atomic E-state index is 5.56. The largest absolute Gasteiger partial charge is 0.367 e. The summed E-state index contributed by atoms with van der Waals surface area (Å²) in [6.45, 7) is 2.31. The Labute approximate surface area is 139 Å². The molecule has 1 aliphatic rings. The molecule has 2 N–H and O–H groups in total. The van der Waals surface area contributed by atoms with E-state index in [0.717, 1.165) is 28.3 Å². The summed E-state index contributed by atoms with van der Waals surface area (Å²) in [5.41, 5.74) is 9.03. The maximum absolute atomic E-state index is 5.56. The summed E-state index contributed by atoms with van der Waals surface area (Å²) in [5, 5.41) is 8.61. The molecular weight excluding hydrogens is 302 g/mol. The SMILES string of the molecule is CC1CCC1.Nc1ncc2c(-c3ccc4nccn4n3)ccn2n1. The lowest BCUT2D eigenvalue weighted by atomic mass is 9.88. The van der Waals surface area contributed by atoms with Crippen molar-refractivity contribution in [2.75, 3.05) is 5.73 Å². The van der Waals surface area contributed by atoms with Crippen LogP contribution in [0.5, 0.6) is 0 Å². The van der Waals surface area contributed by atoms with Gasteiger partial charge in [0, 0.05) is 24.2 Å². The van der Waals surface area contributed by atoms with E-state index in [1.54, 1.807) is 21.4 Å². The van der Waals surface area contributed by atoms with Gasteiger partial charge in [0.1, 0.15) is 0 Å². The van der Waals surface area contributed by atoms with Crippen LogP contribution in [0.15, 0.2) is 43.0 Å². The molecule has 1 saturated carbocycles. The van der Waals surface area contributed by atoms with Crippen molar-refractivity contribution in [2.24, 2.45) is 5.92 Å². The second-order valence-corrected chi connectivity index (χ2v) is 6.16. The van der Waals surface area contributed by atoms with Gasteiger partial charge in [0.2, 0.25) is 5.95 Å². The van der Waals surface area contributed by atoms with Crippen molar-refractivity contribution in [1.82, 2.24) is 29.2 Å². The van der Waals surface area contributed by atoms with Crippen LogP contribution in [-0.4, -0.2) is 29.2 Å². The minimum atomic E-state index is 0.243. The van der Waals surface area contributed by atoms with Crippen LogP contribution in [-0.2, 0) is 0 Å². The second-order valence-electron chi connectivity index (χ2n) is 6.16. The lowest BCUT2D eigenvalue weighted by Crippen LogP contribution is -2.04. The first-order valence-electron chi connectivity index (χ1n) is 8.11. The van der Waals surface area contributed by atoms with Crippen molar-refractivity contribution < 1.29 is 0 Å². The van der Waals surface area contributed by atoms with Gasteiger partial charge in [0.25, 0.3) is 0 Å². The monoisotopic (exact) mass is 321 g/mol. The van der Waals surface area contributed by atoms with Crippen molar-refractivity contribution >= 4 is 17.1 Å². The highest BCUT2D eigenvalue weighted by molar-refractivity contribution is 5.78. The van der Waals surface area contributed by atoms with E-state index in [9.17, 15) is 0 Å². The van der Waals surface area contributed by atoms with Gasteiger partial charge in [0.15, 0.2) is 5.65 Å². The van der Waals surface area contributed by atoms with Gasteiger partial charge in [-0.1, -0.05) is 26.2 Å². The summed E-state index contributed by atoms with van der Waals surface area (Å²) in [6, 6.07) is 5.78. The summed E-state index contributed by atoms with van der Waals surface area (Å²) in [7, 11) is 0. The van der Waals surface area contributed by atoms with E-state index in [-0.39, 0.29) is 5.95 Å². The molecule has 122 valence electrons. The zero-order valence-corrected chi connectivity index (χ0v) is 13.5. The van der Waals surface area contributed by atoms with Crippen LogP contribution in [0.25, 0.3) is 22.4 Å². The molecule has 0 radical (unpaired) electrons.